The Morgan fingerprint density at radius 1 is 0.930 bits per heavy atom. The lowest BCUT2D eigenvalue weighted by Gasteiger charge is -2.33. The summed E-state index contributed by atoms with van der Waals surface area (Å²) in [5.41, 5.74) is 5.39. The lowest BCUT2D eigenvalue weighted by atomic mass is 9.72. The normalized spacial score (nSPS) is 15.0. The van der Waals surface area contributed by atoms with Crippen LogP contribution in [-0.4, -0.2) is 22.6 Å². The molecule has 5 aromatic rings. The summed E-state index contributed by atoms with van der Waals surface area (Å²) < 4.78 is 1.95. The van der Waals surface area contributed by atoms with E-state index >= 15 is 0 Å². The number of amides is 2. The maximum atomic E-state index is 13.7. The van der Waals surface area contributed by atoms with Crippen LogP contribution in [0.5, 0.6) is 0 Å². The van der Waals surface area contributed by atoms with Gasteiger partial charge in [0, 0.05) is 45.1 Å². The number of nitrogens with one attached hydrogen (secondary N) is 2. The summed E-state index contributed by atoms with van der Waals surface area (Å²) in [5, 5.41) is 7.79. The van der Waals surface area contributed by atoms with Crippen LogP contribution in [-0.2, 0) is 24.2 Å². The number of thiophene rings is 1. The Balaban J connectivity index is 1.33. The molecule has 2 amide bonds. The predicted octanol–water partition coefficient (Wildman–Crippen LogP) is 8.50. The van der Waals surface area contributed by atoms with Crippen molar-refractivity contribution in [2.24, 2.45) is 16.3 Å². The van der Waals surface area contributed by atoms with Gasteiger partial charge < -0.3 is 15.2 Å². The molecule has 0 unspecified atom stereocenters. The van der Waals surface area contributed by atoms with Gasteiger partial charge in [-0.25, -0.2) is 4.99 Å². The van der Waals surface area contributed by atoms with Crippen LogP contribution in [0.15, 0.2) is 96.1 Å². The van der Waals surface area contributed by atoms with E-state index in [0.717, 1.165) is 57.7 Å². The summed E-state index contributed by atoms with van der Waals surface area (Å²) in [5.74, 6) is 0.334. The van der Waals surface area contributed by atoms with E-state index in [9.17, 15) is 9.59 Å². The second-order valence-corrected chi connectivity index (χ2v) is 13.3. The van der Waals surface area contributed by atoms with Crippen molar-refractivity contribution in [2.75, 3.05) is 10.6 Å². The molecule has 0 radical (unpaired) electrons. The van der Waals surface area contributed by atoms with Crippen LogP contribution in [0.3, 0.4) is 0 Å². The van der Waals surface area contributed by atoms with Crippen LogP contribution < -0.4 is 10.6 Å². The van der Waals surface area contributed by atoms with Gasteiger partial charge in [-0.15, -0.1) is 11.3 Å². The number of carbonyl (C=O) groups excluding carboxylic acids is 2. The molecule has 7 heteroatoms. The molecule has 2 N–H and O–H groups in total. The average Bonchev–Trinajstić information content (AvgIpc) is 3.54. The quantitative estimate of drug-likeness (QED) is 0.187. The number of fused-ring (bicyclic) bond motifs is 2. The molecule has 3 aromatic carbocycles. The fourth-order valence-electron chi connectivity index (χ4n) is 5.86. The number of carbonyl (C=O) groups is 2. The molecule has 0 saturated carbocycles. The number of hydrogen-bond acceptors (Lipinski definition) is 4. The van der Waals surface area contributed by atoms with Crippen LogP contribution in [0.25, 0.3) is 10.9 Å². The second-order valence-electron chi connectivity index (χ2n) is 12.2. The Morgan fingerprint density at radius 3 is 2.28 bits per heavy atom. The largest absolute Gasteiger partial charge is 0.337 e. The molecule has 43 heavy (non-hydrogen) atoms. The van der Waals surface area contributed by atoms with E-state index in [0.29, 0.717) is 11.5 Å². The van der Waals surface area contributed by atoms with Gasteiger partial charge in [-0.2, -0.15) is 0 Å². The molecule has 2 heterocycles. The SMILES string of the molecule is CC(C)(C)[C@@H]1CCc2c(sc(N=Cc3cn(CC(=O)Nc4ccccc4)c4ccccc34)c2C(=O)Nc2ccccc2)C1. The van der Waals surface area contributed by atoms with Crippen molar-refractivity contribution in [1.29, 1.82) is 0 Å². The maximum Gasteiger partial charge on any atom is 0.259 e. The molecule has 0 fully saturated rings. The van der Waals surface area contributed by atoms with Crippen molar-refractivity contribution < 1.29 is 9.59 Å². The van der Waals surface area contributed by atoms with Crippen LogP contribution >= 0.6 is 11.3 Å². The molecule has 0 saturated heterocycles. The molecule has 218 valence electrons. The van der Waals surface area contributed by atoms with E-state index in [1.165, 1.54) is 4.88 Å². The van der Waals surface area contributed by atoms with Gasteiger partial charge in [-0.3, -0.25) is 9.59 Å². The number of para-hydroxylation sites is 3. The summed E-state index contributed by atoms with van der Waals surface area (Å²) in [4.78, 5) is 32.8. The standard InChI is InChI=1S/C36H36N4O2S/c1-36(2,3)25-18-19-29-31(20-25)43-35(33(29)34(42)39-27-14-8-5-9-15-27)37-21-24-22-40(30-17-11-10-16-28(24)30)23-32(41)38-26-12-6-4-7-13-26/h4-17,21-22,25H,18-20,23H2,1-3H3,(H,38,41)(H,39,42)/t25-/m1/s1. The highest BCUT2D eigenvalue weighted by Crippen LogP contribution is 2.45. The summed E-state index contributed by atoms with van der Waals surface area (Å²) in [6, 6.07) is 27.1. The van der Waals surface area contributed by atoms with Crippen molar-refractivity contribution in [3.8, 4) is 0 Å². The van der Waals surface area contributed by atoms with E-state index in [1.807, 2.05) is 102 Å². The fraction of sp³-hybridized carbons (Fsp3) is 0.250. The van der Waals surface area contributed by atoms with Crippen molar-refractivity contribution in [3.63, 3.8) is 0 Å². The topological polar surface area (TPSA) is 75.5 Å². The van der Waals surface area contributed by atoms with Gasteiger partial charge in [-0.1, -0.05) is 75.4 Å². The maximum absolute atomic E-state index is 13.7. The first-order chi connectivity index (χ1) is 20.8. The number of aromatic nitrogens is 1. The molecular weight excluding hydrogens is 552 g/mol. The van der Waals surface area contributed by atoms with Gasteiger partial charge in [0.1, 0.15) is 11.5 Å². The Kier molecular flexibility index (Phi) is 8.00. The number of benzene rings is 3. The highest BCUT2D eigenvalue weighted by Gasteiger charge is 2.33. The molecular formula is C36H36N4O2S. The van der Waals surface area contributed by atoms with Gasteiger partial charge in [-0.05, 0) is 66.5 Å². The van der Waals surface area contributed by atoms with Crippen molar-refractivity contribution in [2.45, 2.75) is 46.6 Å². The zero-order valence-corrected chi connectivity index (χ0v) is 25.6. The summed E-state index contributed by atoms with van der Waals surface area (Å²) in [6.07, 6.45) is 6.69. The highest BCUT2D eigenvalue weighted by atomic mass is 32.1. The van der Waals surface area contributed by atoms with E-state index in [4.69, 9.17) is 4.99 Å². The van der Waals surface area contributed by atoms with Gasteiger partial charge in [0.15, 0.2) is 0 Å². The van der Waals surface area contributed by atoms with Crippen LogP contribution in [0.1, 0.15) is 53.6 Å². The molecule has 6 nitrogen and oxygen atoms in total. The highest BCUT2D eigenvalue weighted by molar-refractivity contribution is 7.16. The molecule has 0 bridgehead atoms. The first kappa shape index (κ1) is 28.6. The monoisotopic (exact) mass is 588 g/mol. The molecule has 6 rings (SSSR count). The lowest BCUT2D eigenvalue weighted by Crippen LogP contribution is -2.27. The summed E-state index contributed by atoms with van der Waals surface area (Å²) >= 11 is 1.63. The zero-order valence-electron chi connectivity index (χ0n) is 24.8. The number of hydrogen-bond donors (Lipinski definition) is 2. The smallest absolute Gasteiger partial charge is 0.259 e. The molecule has 2 aromatic heterocycles. The Bertz CT molecular complexity index is 1800. The second kappa shape index (κ2) is 12.0. The molecule has 1 aliphatic carbocycles. The van der Waals surface area contributed by atoms with Gasteiger partial charge >= 0.3 is 0 Å². The Hall–Kier alpha value is -4.49. The first-order valence-electron chi connectivity index (χ1n) is 14.7. The van der Waals surface area contributed by atoms with Crippen LogP contribution in [0.4, 0.5) is 16.4 Å². The number of anilines is 2. The van der Waals surface area contributed by atoms with E-state index in [1.54, 1.807) is 11.3 Å². The minimum Gasteiger partial charge on any atom is -0.337 e. The van der Waals surface area contributed by atoms with Crippen LogP contribution in [0, 0.1) is 11.3 Å². The fourth-order valence-corrected chi connectivity index (χ4v) is 7.13. The van der Waals surface area contributed by atoms with Gasteiger partial charge in [0.05, 0.1) is 5.56 Å². The Labute approximate surface area is 256 Å². The van der Waals surface area contributed by atoms with Crippen molar-refractivity contribution >= 4 is 56.6 Å². The molecule has 0 spiro atoms. The zero-order chi connectivity index (χ0) is 30.0. The predicted molar refractivity (Wildman–Crippen MR) is 178 cm³/mol. The van der Waals surface area contributed by atoms with E-state index in [-0.39, 0.29) is 23.8 Å². The number of rotatable bonds is 7. The summed E-state index contributed by atoms with van der Waals surface area (Å²) in [6.45, 7) is 7.08. The molecule has 1 atom stereocenters. The van der Waals surface area contributed by atoms with E-state index in [2.05, 4.69) is 31.4 Å². The number of aliphatic imine (C=N–C) groups is 1. The average molecular weight is 589 g/mol. The first-order valence-corrected chi connectivity index (χ1v) is 15.6. The third kappa shape index (κ3) is 6.32. The summed E-state index contributed by atoms with van der Waals surface area (Å²) in [7, 11) is 0. The molecule has 1 aliphatic rings. The van der Waals surface area contributed by atoms with Crippen LogP contribution in [0.2, 0.25) is 0 Å². The minimum atomic E-state index is -0.120. The van der Waals surface area contributed by atoms with Crippen molar-refractivity contribution in [3.05, 3.63) is 113 Å². The molecule has 0 aliphatic heterocycles. The minimum absolute atomic E-state index is 0.102. The number of nitrogens with zero attached hydrogens (tertiary/aromatic N) is 2. The van der Waals surface area contributed by atoms with E-state index < -0.39 is 0 Å². The third-order valence-corrected chi connectivity index (χ3v) is 9.40. The van der Waals surface area contributed by atoms with Gasteiger partial charge in [0.2, 0.25) is 5.91 Å². The Morgan fingerprint density at radius 2 is 1.58 bits per heavy atom. The lowest BCUT2D eigenvalue weighted by molar-refractivity contribution is -0.116. The van der Waals surface area contributed by atoms with Crippen molar-refractivity contribution in [1.82, 2.24) is 4.57 Å². The third-order valence-electron chi connectivity index (χ3n) is 8.24. The van der Waals surface area contributed by atoms with Gasteiger partial charge in [0.25, 0.3) is 5.91 Å².